The zero-order valence-electron chi connectivity index (χ0n) is 10.3. The molecule has 1 aliphatic rings. The van der Waals surface area contributed by atoms with Gasteiger partial charge in [-0.1, -0.05) is 0 Å². The highest BCUT2D eigenvalue weighted by molar-refractivity contribution is 5.83. The van der Waals surface area contributed by atoms with Gasteiger partial charge >= 0.3 is 0 Å². The number of nitrogens with one attached hydrogen (secondary N) is 1. The lowest BCUT2D eigenvalue weighted by Crippen LogP contribution is -2.47. The maximum atomic E-state index is 12.1. The van der Waals surface area contributed by atoms with E-state index in [2.05, 4.69) is 15.3 Å². The van der Waals surface area contributed by atoms with E-state index in [-0.39, 0.29) is 11.9 Å². The van der Waals surface area contributed by atoms with Crippen molar-refractivity contribution in [2.24, 2.45) is 0 Å². The molecule has 0 aromatic carbocycles. The Balaban J connectivity index is 1.94. The van der Waals surface area contributed by atoms with Gasteiger partial charge in [0.2, 0.25) is 11.9 Å². The van der Waals surface area contributed by atoms with Gasteiger partial charge in [-0.3, -0.25) is 4.79 Å². The van der Waals surface area contributed by atoms with Crippen molar-refractivity contribution in [3.05, 3.63) is 12.3 Å². The number of morpholine rings is 1. The molecular formula is C11H17N5O2. The molecule has 0 radical (unpaired) electrons. The summed E-state index contributed by atoms with van der Waals surface area (Å²) < 4.78 is 5.21. The Kier molecular flexibility index (Phi) is 3.93. The number of nitrogen functional groups attached to an aromatic ring is 1. The summed E-state index contributed by atoms with van der Waals surface area (Å²) in [5.74, 6) is 0.756. The number of aromatic nitrogens is 2. The van der Waals surface area contributed by atoms with Crippen LogP contribution in [-0.4, -0.2) is 53.1 Å². The van der Waals surface area contributed by atoms with E-state index in [4.69, 9.17) is 10.5 Å². The van der Waals surface area contributed by atoms with E-state index in [1.54, 1.807) is 24.1 Å². The quantitative estimate of drug-likeness (QED) is 0.767. The first-order valence-electron chi connectivity index (χ1n) is 5.88. The van der Waals surface area contributed by atoms with Gasteiger partial charge in [0.15, 0.2) is 0 Å². The predicted octanol–water partition coefficient (Wildman–Crippen LogP) is -0.282. The minimum Gasteiger partial charge on any atom is -0.384 e. The lowest BCUT2D eigenvalue weighted by atomic mass is 10.2. The van der Waals surface area contributed by atoms with Crippen LogP contribution in [0.1, 0.15) is 6.92 Å². The summed E-state index contributed by atoms with van der Waals surface area (Å²) >= 11 is 0. The summed E-state index contributed by atoms with van der Waals surface area (Å²) in [7, 11) is 0. The number of carbonyl (C=O) groups excluding carboxylic acids is 1. The molecule has 0 aliphatic carbocycles. The molecular weight excluding hydrogens is 234 g/mol. The van der Waals surface area contributed by atoms with Crippen molar-refractivity contribution in [1.82, 2.24) is 14.9 Å². The van der Waals surface area contributed by atoms with Gasteiger partial charge < -0.3 is 20.7 Å². The molecule has 7 nitrogen and oxygen atoms in total. The van der Waals surface area contributed by atoms with Gasteiger partial charge in [0.25, 0.3) is 0 Å². The van der Waals surface area contributed by atoms with Crippen molar-refractivity contribution in [2.75, 3.05) is 37.4 Å². The van der Waals surface area contributed by atoms with E-state index < -0.39 is 0 Å². The van der Waals surface area contributed by atoms with Crippen LogP contribution in [-0.2, 0) is 9.53 Å². The highest BCUT2D eigenvalue weighted by atomic mass is 16.5. The van der Waals surface area contributed by atoms with E-state index in [9.17, 15) is 4.79 Å². The lowest BCUT2D eigenvalue weighted by molar-refractivity contribution is -0.135. The van der Waals surface area contributed by atoms with Crippen LogP contribution in [0.25, 0.3) is 0 Å². The summed E-state index contributed by atoms with van der Waals surface area (Å²) in [5, 5.41) is 2.95. The number of anilines is 2. The normalized spacial score (nSPS) is 17.3. The highest BCUT2D eigenvalue weighted by Gasteiger charge is 2.22. The minimum absolute atomic E-state index is 0.0179. The summed E-state index contributed by atoms with van der Waals surface area (Å²) in [4.78, 5) is 21.9. The van der Waals surface area contributed by atoms with Crippen LogP contribution in [0.3, 0.4) is 0 Å². The molecule has 2 rings (SSSR count). The third kappa shape index (κ3) is 3.07. The first-order chi connectivity index (χ1) is 8.66. The van der Waals surface area contributed by atoms with Crippen molar-refractivity contribution in [3.63, 3.8) is 0 Å². The number of rotatable bonds is 3. The largest absolute Gasteiger partial charge is 0.384 e. The average Bonchev–Trinajstić information content (AvgIpc) is 2.39. The van der Waals surface area contributed by atoms with Gasteiger partial charge in [0, 0.05) is 19.3 Å². The fourth-order valence-electron chi connectivity index (χ4n) is 1.76. The van der Waals surface area contributed by atoms with Crippen LogP contribution in [0.4, 0.5) is 11.8 Å². The summed E-state index contributed by atoms with van der Waals surface area (Å²) in [6, 6.07) is 1.21. The molecule has 0 spiro atoms. The Bertz CT molecular complexity index is 420. The molecule has 1 aromatic heterocycles. The molecule has 1 aliphatic heterocycles. The first kappa shape index (κ1) is 12.6. The molecule has 3 N–H and O–H groups in total. The van der Waals surface area contributed by atoms with Gasteiger partial charge in [-0.2, -0.15) is 4.98 Å². The van der Waals surface area contributed by atoms with E-state index in [1.807, 2.05) is 0 Å². The minimum atomic E-state index is -0.384. The Morgan fingerprint density at radius 3 is 2.94 bits per heavy atom. The van der Waals surface area contributed by atoms with Gasteiger partial charge in [0.05, 0.1) is 13.2 Å². The first-order valence-corrected chi connectivity index (χ1v) is 5.88. The Hall–Kier alpha value is -1.89. The van der Waals surface area contributed by atoms with Crippen LogP contribution >= 0.6 is 0 Å². The van der Waals surface area contributed by atoms with Crippen LogP contribution in [0.5, 0.6) is 0 Å². The molecule has 1 unspecified atom stereocenters. The van der Waals surface area contributed by atoms with Crippen molar-refractivity contribution in [3.8, 4) is 0 Å². The van der Waals surface area contributed by atoms with E-state index in [0.717, 1.165) is 0 Å². The smallest absolute Gasteiger partial charge is 0.245 e. The molecule has 1 saturated heterocycles. The standard InChI is InChI=1S/C11H17N5O2/c1-8(10(17)16-4-6-18-7-5-16)14-11-13-3-2-9(12)15-11/h2-3,8H,4-7H2,1H3,(H3,12,13,14,15). The number of nitrogens with zero attached hydrogens (tertiary/aromatic N) is 3. The molecule has 18 heavy (non-hydrogen) atoms. The zero-order chi connectivity index (χ0) is 13.0. The van der Waals surface area contributed by atoms with Gasteiger partial charge in [-0.25, -0.2) is 4.98 Å². The highest BCUT2D eigenvalue weighted by Crippen LogP contribution is 2.06. The van der Waals surface area contributed by atoms with Gasteiger partial charge in [-0.15, -0.1) is 0 Å². The Labute approximate surface area is 105 Å². The molecule has 1 aromatic rings. The van der Waals surface area contributed by atoms with E-state index >= 15 is 0 Å². The second-order valence-corrected chi connectivity index (χ2v) is 4.11. The topological polar surface area (TPSA) is 93.4 Å². The van der Waals surface area contributed by atoms with Crippen LogP contribution in [0, 0.1) is 0 Å². The summed E-state index contributed by atoms with van der Waals surface area (Å²) in [5.41, 5.74) is 5.55. The second-order valence-electron chi connectivity index (χ2n) is 4.11. The van der Waals surface area contributed by atoms with Crippen molar-refractivity contribution in [1.29, 1.82) is 0 Å². The molecule has 1 atom stereocenters. The monoisotopic (exact) mass is 251 g/mol. The number of carbonyl (C=O) groups is 1. The molecule has 0 bridgehead atoms. The van der Waals surface area contributed by atoms with Gasteiger partial charge in [0.1, 0.15) is 11.9 Å². The molecule has 1 fully saturated rings. The Morgan fingerprint density at radius 1 is 1.56 bits per heavy atom. The fraction of sp³-hybridized carbons (Fsp3) is 0.545. The SMILES string of the molecule is CC(Nc1nccc(N)n1)C(=O)N1CCOCC1. The van der Waals surface area contributed by atoms with Crippen LogP contribution < -0.4 is 11.1 Å². The number of hydrogen-bond acceptors (Lipinski definition) is 6. The third-order valence-corrected chi connectivity index (χ3v) is 2.72. The van der Waals surface area contributed by atoms with E-state index in [1.165, 1.54) is 0 Å². The van der Waals surface area contributed by atoms with Crippen LogP contribution in [0.2, 0.25) is 0 Å². The zero-order valence-corrected chi connectivity index (χ0v) is 10.3. The predicted molar refractivity (Wildman–Crippen MR) is 66.9 cm³/mol. The van der Waals surface area contributed by atoms with Crippen molar-refractivity contribution in [2.45, 2.75) is 13.0 Å². The van der Waals surface area contributed by atoms with Gasteiger partial charge in [-0.05, 0) is 13.0 Å². The number of nitrogens with two attached hydrogens (primary N) is 1. The summed E-state index contributed by atoms with van der Waals surface area (Å²) in [6.45, 7) is 4.22. The number of hydrogen-bond donors (Lipinski definition) is 2. The van der Waals surface area contributed by atoms with Crippen molar-refractivity contribution >= 4 is 17.7 Å². The molecule has 98 valence electrons. The van der Waals surface area contributed by atoms with Crippen molar-refractivity contribution < 1.29 is 9.53 Å². The van der Waals surface area contributed by atoms with Crippen LogP contribution in [0.15, 0.2) is 12.3 Å². The molecule has 7 heteroatoms. The maximum Gasteiger partial charge on any atom is 0.245 e. The molecule has 1 amide bonds. The number of amides is 1. The fourth-order valence-corrected chi connectivity index (χ4v) is 1.76. The third-order valence-electron chi connectivity index (χ3n) is 2.72. The second kappa shape index (κ2) is 5.63. The average molecular weight is 251 g/mol. The lowest BCUT2D eigenvalue weighted by Gasteiger charge is -2.29. The molecule has 0 saturated carbocycles. The Morgan fingerprint density at radius 2 is 2.28 bits per heavy atom. The molecule has 2 heterocycles. The van der Waals surface area contributed by atoms with E-state index in [0.29, 0.717) is 38.1 Å². The number of ether oxygens (including phenoxy) is 1. The maximum absolute atomic E-state index is 12.1. The summed E-state index contributed by atoms with van der Waals surface area (Å²) in [6.07, 6.45) is 1.55.